The highest BCUT2D eigenvalue weighted by atomic mass is 19.3. The lowest BCUT2D eigenvalue weighted by Gasteiger charge is -2.32. The Bertz CT molecular complexity index is 496. The maximum absolute atomic E-state index is 13.4. The molecule has 2 atom stereocenters. The van der Waals surface area contributed by atoms with Gasteiger partial charge in [-0.1, -0.05) is 13.8 Å². The Kier molecular flexibility index (Phi) is 8.09. The molecule has 0 amide bonds. The van der Waals surface area contributed by atoms with Gasteiger partial charge in [0.15, 0.2) is 0 Å². The van der Waals surface area contributed by atoms with Crippen molar-refractivity contribution in [3.63, 3.8) is 0 Å². The van der Waals surface area contributed by atoms with E-state index in [-0.39, 0.29) is 6.92 Å². The Morgan fingerprint density at radius 3 is 1.85 bits per heavy atom. The van der Waals surface area contributed by atoms with E-state index in [1.807, 2.05) is 0 Å². The van der Waals surface area contributed by atoms with Gasteiger partial charge >= 0.3 is 29.6 Å². The molecule has 0 heterocycles. The molecule has 154 valence electrons. The molecular weight excluding hydrogens is 360 g/mol. The molecule has 0 bridgehead atoms. The lowest BCUT2D eigenvalue weighted by molar-refractivity contribution is -0.255. The van der Waals surface area contributed by atoms with Gasteiger partial charge in [0.25, 0.3) is 0 Å². The summed E-state index contributed by atoms with van der Waals surface area (Å²) in [7, 11) is 0. The van der Waals surface area contributed by atoms with E-state index >= 15 is 0 Å². The van der Waals surface area contributed by atoms with Gasteiger partial charge in [-0.3, -0.25) is 4.79 Å². The van der Waals surface area contributed by atoms with Crippen LogP contribution >= 0.6 is 0 Å². The summed E-state index contributed by atoms with van der Waals surface area (Å²) in [5.74, 6) is -13.4. The van der Waals surface area contributed by atoms with E-state index < -0.39 is 54.1 Å². The van der Waals surface area contributed by atoms with Crippen molar-refractivity contribution >= 4 is 11.9 Å². The Hall–Kier alpha value is -1.38. The Morgan fingerprint density at radius 2 is 1.46 bits per heavy atom. The van der Waals surface area contributed by atoms with E-state index in [2.05, 4.69) is 0 Å². The third kappa shape index (κ3) is 7.47. The molecule has 0 aliphatic carbocycles. The first-order valence-corrected chi connectivity index (χ1v) is 8.31. The third-order valence-corrected chi connectivity index (χ3v) is 3.52. The molecule has 0 N–H and O–H groups in total. The SMILES string of the molecule is CCC(C)C(=O)OC(C)(OCCC(F)(F)C(C)(F)F)C(=O)OC(C)(C)C. The van der Waals surface area contributed by atoms with E-state index in [0.717, 1.165) is 6.92 Å². The topological polar surface area (TPSA) is 61.8 Å². The molecule has 0 fully saturated rings. The Labute approximate surface area is 151 Å². The molecule has 0 radical (unpaired) electrons. The van der Waals surface area contributed by atoms with Crippen LogP contribution in [0.25, 0.3) is 0 Å². The van der Waals surface area contributed by atoms with Gasteiger partial charge in [-0.05, 0) is 27.2 Å². The number of hydrogen-bond acceptors (Lipinski definition) is 5. The van der Waals surface area contributed by atoms with E-state index in [9.17, 15) is 27.2 Å². The van der Waals surface area contributed by atoms with Gasteiger partial charge in [0.1, 0.15) is 5.60 Å². The molecule has 0 aromatic carbocycles. The standard InChI is InChI=1S/C17H28F4O5/c1-8-11(2)12(22)25-15(6,13(23)26-14(3,4)5)24-10-9-17(20,21)16(7,18)19/h11H,8-10H2,1-7H3. The van der Waals surface area contributed by atoms with Gasteiger partial charge in [-0.2, -0.15) is 8.78 Å². The maximum atomic E-state index is 13.4. The minimum Gasteiger partial charge on any atom is -0.455 e. The predicted octanol–water partition coefficient (Wildman–Crippen LogP) is 4.33. The van der Waals surface area contributed by atoms with Gasteiger partial charge in [0, 0.05) is 20.3 Å². The molecule has 0 rings (SSSR count). The van der Waals surface area contributed by atoms with Crippen molar-refractivity contribution in [2.24, 2.45) is 5.92 Å². The monoisotopic (exact) mass is 388 g/mol. The van der Waals surface area contributed by atoms with Crippen LogP contribution < -0.4 is 0 Å². The minimum atomic E-state index is -4.34. The van der Waals surface area contributed by atoms with Gasteiger partial charge in [-0.25, -0.2) is 13.6 Å². The van der Waals surface area contributed by atoms with E-state index in [0.29, 0.717) is 6.42 Å². The summed E-state index contributed by atoms with van der Waals surface area (Å²) in [6.07, 6.45) is -0.959. The summed E-state index contributed by atoms with van der Waals surface area (Å²) in [5, 5.41) is 0. The minimum absolute atomic E-state index is 0.0863. The van der Waals surface area contributed by atoms with Crippen LogP contribution in [0.5, 0.6) is 0 Å². The third-order valence-electron chi connectivity index (χ3n) is 3.52. The molecule has 0 aliphatic rings. The molecule has 2 unspecified atom stereocenters. The highest BCUT2D eigenvalue weighted by Gasteiger charge is 2.52. The smallest absolute Gasteiger partial charge is 0.380 e. The van der Waals surface area contributed by atoms with Crippen LogP contribution in [0.4, 0.5) is 17.6 Å². The predicted molar refractivity (Wildman–Crippen MR) is 85.9 cm³/mol. The van der Waals surface area contributed by atoms with Crippen LogP contribution in [-0.4, -0.2) is 41.8 Å². The van der Waals surface area contributed by atoms with Crippen LogP contribution in [0.15, 0.2) is 0 Å². The van der Waals surface area contributed by atoms with Gasteiger partial charge in [0.2, 0.25) is 0 Å². The van der Waals surface area contributed by atoms with Crippen LogP contribution in [-0.2, 0) is 23.8 Å². The number of carbonyl (C=O) groups excluding carboxylic acids is 2. The van der Waals surface area contributed by atoms with Crippen LogP contribution in [0, 0.1) is 5.92 Å². The maximum Gasteiger partial charge on any atom is 0.380 e. The number of carbonyl (C=O) groups is 2. The summed E-state index contributed by atoms with van der Waals surface area (Å²) >= 11 is 0. The fourth-order valence-corrected chi connectivity index (χ4v) is 1.55. The van der Waals surface area contributed by atoms with Crippen molar-refractivity contribution in [3.8, 4) is 0 Å². The van der Waals surface area contributed by atoms with Crippen molar-refractivity contribution in [2.75, 3.05) is 6.61 Å². The van der Waals surface area contributed by atoms with E-state index in [1.165, 1.54) is 0 Å². The zero-order chi connectivity index (χ0) is 21.0. The normalized spacial score (nSPS) is 16.6. The number of halogens is 4. The van der Waals surface area contributed by atoms with Crippen molar-refractivity contribution in [1.29, 1.82) is 0 Å². The average Bonchev–Trinajstić information content (AvgIpc) is 2.42. The molecule has 0 spiro atoms. The van der Waals surface area contributed by atoms with Crippen molar-refractivity contribution in [1.82, 2.24) is 0 Å². The van der Waals surface area contributed by atoms with Gasteiger partial charge in [-0.15, -0.1) is 0 Å². The molecule has 0 aromatic heterocycles. The summed E-state index contributed by atoms with van der Waals surface area (Å²) in [6, 6.07) is 0. The number of rotatable bonds is 9. The lowest BCUT2D eigenvalue weighted by atomic mass is 10.1. The molecule has 26 heavy (non-hydrogen) atoms. The quantitative estimate of drug-likeness (QED) is 0.334. The zero-order valence-corrected chi connectivity index (χ0v) is 16.3. The van der Waals surface area contributed by atoms with Crippen molar-refractivity contribution in [3.05, 3.63) is 0 Å². The fourth-order valence-electron chi connectivity index (χ4n) is 1.55. The zero-order valence-electron chi connectivity index (χ0n) is 16.3. The molecule has 5 nitrogen and oxygen atoms in total. The summed E-state index contributed by atoms with van der Waals surface area (Å²) in [6.45, 7) is 8.08. The van der Waals surface area contributed by atoms with E-state index in [1.54, 1.807) is 34.6 Å². The largest absolute Gasteiger partial charge is 0.455 e. The highest BCUT2D eigenvalue weighted by Crippen LogP contribution is 2.36. The highest BCUT2D eigenvalue weighted by molar-refractivity contribution is 5.82. The first kappa shape index (κ1) is 24.6. The van der Waals surface area contributed by atoms with Crippen molar-refractivity contribution < 1.29 is 41.4 Å². The second-order valence-electron chi connectivity index (χ2n) is 7.37. The lowest BCUT2D eigenvalue weighted by Crippen LogP contribution is -2.48. The molecule has 9 heteroatoms. The molecule has 0 aromatic rings. The van der Waals surface area contributed by atoms with Gasteiger partial charge < -0.3 is 14.2 Å². The Balaban J connectivity index is 5.27. The molecule has 0 aliphatic heterocycles. The number of esters is 2. The molecule has 0 saturated carbocycles. The average molecular weight is 388 g/mol. The first-order chi connectivity index (χ1) is 11.5. The van der Waals surface area contributed by atoms with Crippen molar-refractivity contribution in [2.45, 2.75) is 84.5 Å². The second kappa shape index (κ2) is 8.54. The first-order valence-electron chi connectivity index (χ1n) is 8.31. The number of alkyl halides is 4. The Morgan fingerprint density at radius 1 is 0.962 bits per heavy atom. The van der Waals surface area contributed by atoms with Crippen LogP contribution in [0.1, 0.15) is 61.3 Å². The van der Waals surface area contributed by atoms with Gasteiger partial charge in [0.05, 0.1) is 12.5 Å². The summed E-state index contributed by atoms with van der Waals surface area (Å²) in [5.41, 5.74) is -0.967. The van der Waals surface area contributed by atoms with Crippen LogP contribution in [0.2, 0.25) is 0 Å². The summed E-state index contributed by atoms with van der Waals surface area (Å²) < 4.78 is 67.6. The molecule has 0 saturated heterocycles. The number of ether oxygens (including phenoxy) is 3. The van der Waals surface area contributed by atoms with Crippen LogP contribution in [0.3, 0.4) is 0 Å². The van der Waals surface area contributed by atoms with E-state index in [4.69, 9.17) is 14.2 Å². The summed E-state index contributed by atoms with van der Waals surface area (Å²) in [4.78, 5) is 24.3. The molecular formula is C17H28F4O5. The fraction of sp³-hybridized carbons (Fsp3) is 0.882. The number of hydrogen-bond donors (Lipinski definition) is 0. The second-order valence-corrected chi connectivity index (χ2v) is 7.37.